The lowest BCUT2D eigenvalue weighted by molar-refractivity contribution is -0.133. The number of allylic oxidation sites excluding steroid dienone is 2. The predicted molar refractivity (Wildman–Crippen MR) is 93.3 cm³/mol. The van der Waals surface area contributed by atoms with E-state index in [-0.39, 0.29) is 10.8 Å². The molecular formula is C17H21ClN2O3S. The molecule has 1 aromatic carbocycles. The first-order valence-electron chi connectivity index (χ1n) is 8.17. The maximum atomic E-state index is 12.6. The summed E-state index contributed by atoms with van der Waals surface area (Å²) in [5.74, 6) is 0.456. The van der Waals surface area contributed by atoms with Crippen molar-refractivity contribution in [2.24, 2.45) is 5.92 Å². The Morgan fingerprint density at radius 3 is 2.58 bits per heavy atom. The summed E-state index contributed by atoms with van der Waals surface area (Å²) in [4.78, 5) is 14.3. The fourth-order valence-corrected chi connectivity index (χ4v) is 4.90. The van der Waals surface area contributed by atoms with Crippen molar-refractivity contribution in [3.05, 3.63) is 41.4 Å². The van der Waals surface area contributed by atoms with Crippen LogP contribution in [0.4, 0.5) is 0 Å². The van der Waals surface area contributed by atoms with E-state index in [0.29, 0.717) is 43.5 Å². The Hall–Kier alpha value is -1.37. The van der Waals surface area contributed by atoms with Crippen LogP contribution in [0.5, 0.6) is 0 Å². The molecule has 130 valence electrons. The lowest BCUT2D eigenvalue weighted by atomic mass is 10.0. The molecule has 24 heavy (non-hydrogen) atoms. The van der Waals surface area contributed by atoms with E-state index in [0.717, 1.165) is 12.8 Å². The maximum Gasteiger partial charge on any atom is 0.243 e. The lowest BCUT2D eigenvalue weighted by Crippen LogP contribution is -2.50. The van der Waals surface area contributed by atoms with Gasteiger partial charge in [0.05, 0.1) is 4.90 Å². The van der Waals surface area contributed by atoms with Crippen LogP contribution in [0.2, 0.25) is 5.02 Å². The summed E-state index contributed by atoms with van der Waals surface area (Å²) in [5.41, 5.74) is 0. The highest BCUT2D eigenvalue weighted by atomic mass is 35.5. The molecule has 0 saturated carbocycles. The van der Waals surface area contributed by atoms with Crippen LogP contribution in [0.15, 0.2) is 41.3 Å². The summed E-state index contributed by atoms with van der Waals surface area (Å²) < 4.78 is 26.7. The molecule has 1 amide bonds. The number of carbonyl (C=O) groups is 1. The Morgan fingerprint density at radius 2 is 1.96 bits per heavy atom. The molecule has 0 N–H and O–H groups in total. The van der Waals surface area contributed by atoms with Crippen molar-refractivity contribution in [3.63, 3.8) is 0 Å². The van der Waals surface area contributed by atoms with Crippen molar-refractivity contribution in [2.45, 2.75) is 24.2 Å². The molecule has 0 radical (unpaired) electrons. The van der Waals surface area contributed by atoms with Gasteiger partial charge in [-0.3, -0.25) is 4.79 Å². The number of hydrogen-bond donors (Lipinski definition) is 0. The van der Waals surface area contributed by atoms with E-state index in [9.17, 15) is 13.2 Å². The second-order valence-electron chi connectivity index (χ2n) is 6.21. The molecule has 1 heterocycles. The minimum atomic E-state index is -3.56. The highest BCUT2D eigenvalue weighted by molar-refractivity contribution is 7.89. The Bertz CT molecular complexity index is 740. The van der Waals surface area contributed by atoms with Crippen LogP contribution in [0, 0.1) is 5.92 Å². The first-order chi connectivity index (χ1) is 11.5. The van der Waals surface area contributed by atoms with Gasteiger partial charge in [-0.1, -0.05) is 29.8 Å². The Labute approximate surface area is 147 Å². The van der Waals surface area contributed by atoms with E-state index in [1.807, 2.05) is 0 Å². The third-order valence-electron chi connectivity index (χ3n) is 4.57. The predicted octanol–water partition coefficient (Wildman–Crippen LogP) is 2.53. The number of carbonyl (C=O) groups excluding carboxylic acids is 1. The second kappa shape index (κ2) is 7.25. The van der Waals surface area contributed by atoms with E-state index in [1.54, 1.807) is 23.1 Å². The Balaban J connectivity index is 1.60. The van der Waals surface area contributed by atoms with Crippen molar-refractivity contribution in [3.8, 4) is 0 Å². The van der Waals surface area contributed by atoms with Crippen LogP contribution < -0.4 is 0 Å². The number of hydrogen-bond acceptors (Lipinski definition) is 3. The van der Waals surface area contributed by atoms with E-state index >= 15 is 0 Å². The average molecular weight is 369 g/mol. The zero-order chi connectivity index (χ0) is 17.2. The van der Waals surface area contributed by atoms with Crippen molar-refractivity contribution in [2.75, 3.05) is 26.2 Å². The molecular weight excluding hydrogens is 348 g/mol. The third kappa shape index (κ3) is 3.82. The normalized spacial score (nSPS) is 22.0. The van der Waals surface area contributed by atoms with Crippen molar-refractivity contribution < 1.29 is 13.2 Å². The smallest absolute Gasteiger partial charge is 0.243 e. The molecule has 1 aromatic rings. The first-order valence-corrected chi connectivity index (χ1v) is 9.99. The number of piperazine rings is 1. The number of benzene rings is 1. The minimum Gasteiger partial charge on any atom is -0.340 e. The number of halogens is 1. The number of sulfonamides is 1. The van der Waals surface area contributed by atoms with Gasteiger partial charge in [0, 0.05) is 37.6 Å². The van der Waals surface area contributed by atoms with E-state index < -0.39 is 10.0 Å². The van der Waals surface area contributed by atoms with Gasteiger partial charge >= 0.3 is 0 Å². The van der Waals surface area contributed by atoms with Crippen molar-refractivity contribution in [1.82, 2.24) is 9.21 Å². The monoisotopic (exact) mass is 368 g/mol. The lowest BCUT2D eigenvalue weighted by Gasteiger charge is -2.34. The van der Waals surface area contributed by atoms with Crippen LogP contribution in [0.1, 0.15) is 19.3 Å². The minimum absolute atomic E-state index is 0.117. The van der Waals surface area contributed by atoms with E-state index in [1.165, 1.54) is 10.4 Å². The van der Waals surface area contributed by atoms with Gasteiger partial charge in [-0.05, 0) is 37.0 Å². The molecule has 0 spiro atoms. The molecule has 5 nitrogen and oxygen atoms in total. The number of nitrogens with zero attached hydrogens (tertiary/aromatic N) is 2. The van der Waals surface area contributed by atoms with Crippen LogP contribution in [-0.4, -0.2) is 49.7 Å². The molecule has 0 bridgehead atoms. The van der Waals surface area contributed by atoms with Crippen LogP contribution in [0.3, 0.4) is 0 Å². The molecule has 0 unspecified atom stereocenters. The molecule has 7 heteroatoms. The number of rotatable bonds is 4. The van der Waals surface area contributed by atoms with Gasteiger partial charge in [0.1, 0.15) is 0 Å². The third-order valence-corrected chi connectivity index (χ3v) is 6.70. The fourth-order valence-electron chi connectivity index (χ4n) is 3.17. The summed E-state index contributed by atoms with van der Waals surface area (Å²) in [6, 6.07) is 6.28. The highest BCUT2D eigenvalue weighted by Crippen LogP contribution is 2.23. The van der Waals surface area contributed by atoms with Gasteiger partial charge in [-0.2, -0.15) is 4.31 Å². The number of amides is 1. The summed E-state index contributed by atoms with van der Waals surface area (Å²) in [6.45, 7) is 1.52. The SMILES string of the molecule is O=C(C[C@H]1C=CCC1)N1CCN(S(=O)(=O)c2cccc(Cl)c2)CC1. The first kappa shape index (κ1) is 17.5. The van der Waals surface area contributed by atoms with E-state index in [4.69, 9.17) is 11.6 Å². The van der Waals surface area contributed by atoms with Gasteiger partial charge in [0.2, 0.25) is 15.9 Å². The largest absolute Gasteiger partial charge is 0.340 e. The van der Waals surface area contributed by atoms with Crippen LogP contribution in [-0.2, 0) is 14.8 Å². The van der Waals surface area contributed by atoms with Gasteiger partial charge < -0.3 is 4.90 Å². The zero-order valence-electron chi connectivity index (χ0n) is 13.4. The highest BCUT2D eigenvalue weighted by Gasteiger charge is 2.30. The summed E-state index contributed by atoms with van der Waals surface area (Å²) in [5, 5.41) is 0.398. The molecule has 1 saturated heterocycles. The molecule has 1 atom stereocenters. The summed E-state index contributed by atoms with van der Waals surface area (Å²) in [6.07, 6.45) is 6.83. The van der Waals surface area contributed by atoms with Gasteiger partial charge in [-0.25, -0.2) is 8.42 Å². The van der Waals surface area contributed by atoms with Gasteiger partial charge in [0.25, 0.3) is 0 Å². The zero-order valence-corrected chi connectivity index (χ0v) is 15.0. The second-order valence-corrected chi connectivity index (χ2v) is 8.59. The van der Waals surface area contributed by atoms with Crippen LogP contribution >= 0.6 is 11.6 Å². The van der Waals surface area contributed by atoms with Crippen molar-refractivity contribution in [1.29, 1.82) is 0 Å². The quantitative estimate of drug-likeness (QED) is 0.767. The molecule has 3 rings (SSSR count). The fraction of sp³-hybridized carbons (Fsp3) is 0.471. The Kier molecular flexibility index (Phi) is 5.27. The van der Waals surface area contributed by atoms with Gasteiger partial charge in [-0.15, -0.1) is 0 Å². The topological polar surface area (TPSA) is 57.7 Å². The van der Waals surface area contributed by atoms with Crippen molar-refractivity contribution >= 4 is 27.5 Å². The maximum absolute atomic E-state index is 12.6. The summed E-state index contributed by atoms with van der Waals surface area (Å²) >= 11 is 5.89. The summed E-state index contributed by atoms with van der Waals surface area (Å²) in [7, 11) is -3.56. The molecule has 2 aliphatic rings. The molecule has 1 aliphatic heterocycles. The molecule has 1 aliphatic carbocycles. The van der Waals surface area contributed by atoms with E-state index in [2.05, 4.69) is 12.2 Å². The van der Waals surface area contributed by atoms with Gasteiger partial charge in [0.15, 0.2) is 0 Å². The molecule has 0 aromatic heterocycles. The average Bonchev–Trinajstić information content (AvgIpc) is 3.08. The molecule has 1 fully saturated rings. The standard InChI is InChI=1S/C17H21ClN2O3S/c18-15-6-3-7-16(13-15)24(22,23)20-10-8-19(9-11-20)17(21)12-14-4-1-2-5-14/h1,3-4,6-7,13-14H,2,5,8-12H2/t14-/m0/s1. The van der Waals surface area contributed by atoms with Crippen LogP contribution in [0.25, 0.3) is 0 Å². The Morgan fingerprint density at radius 1 is 1.21 bits per heavy atom.